The maximum atomic E-state index is 10.8. The number of hydrogen-bond acceptors (Lipinski definition) is 2. The van der Waals surface area contributed by atoms with E-state index in [1.807, 2.05) is 12.1 Å². The van der Waals surface area contributed by atoms with Gasteiger partial charge in [0.2, 0.25) is 9.84 Å². The Morgan fingerprint density at radius 1 is 1.43 bits per heavy atom. The van der Waals surface area contributed by atoms with Crippen molar-refractivity contribution in [3.05, 3.63) is 31.8 Å². The van der Waals surface area contributed by atoms with Gasteiger partial charge in [0.05, 0.1) is 6.26 Å². The molecule has 1 aromatic rings. The van der Waals surface area contributed by atoms with Crippen molar-refractivity contribution in [2.45, 2.75) is 0 Å². The molecule has 0 radical (unpaired) electrons. The fourth-order valence-electron chi connectivity index (χ4n) is 0.726. The van der Waals surface area contributed by atoms with Crippen molar-refractivity contribution in [3.63, 3.8) is 0 Å². The van der Waals surface area contributed by atoms with Crippen LogP contribution >= 0.6 is 38.5 Å². The fourth-order valence-corrected chi connectivity index (χ4v) is 1.79. The summed E-state index contributed by atoms with van der Waals surface area (Å²) in [6.07, 6.45) is 1.09. The Kier molecular flexibility index (Phi) is 3.98. The van der Waals surface area contributed by atoms with E-state index >= 15 is 0 Å². The van der Waals surface area contributed by atoms with Crippen LogP contribution in [0, 0.1) is 14.7 Å². The predicted molar refractivity (Wildman–Crippen MR) is 68.6 cm³/mol. The Labute approximate surface area is 105 Å². The molecule has 5 heteroatoms. The van der Waals surface area contributed by atoms with Crippen LogP contribution in [0.5, 0.6) is 0 Å². The van der Waals surface area contributed by atoms with Crippen LogP contribution < -0.4 is 0 Å². The molecule has 2 nitrogen and oxygen atoms in total. The first-order valence-corrected chi connectivity index (χ1v) is 7.32. The lowest BCUT2D eigenvalue weighted by atomic mass is 10.2. The maximum Gasteiger partial charge on any atom is 0.214 e. The van der Waals surface area contributed by atoms with E-state index in [1.165, 1.54) is 0 Å². The molecule has 1 aromatic carbocycles. The van der Waals surface area contributed by atoms with Crippen molar-refractivity contribution in [2.75, 3.05) is 6.26 Å². The van der Waals surface area contributed by atoms with Crippen LogP contribution in [-0.2, 0) is 9.84 Å². The molecule has 0 saturated heterocycles. The standard InChI is InChI=1S/C9H6BrIO2S/c1-14(12,13)5-4-7-2-3-8(10)9(11)6-7/h2-3,6H,1H3. The molecule has 0 bridgehead atoms. The molecule has 0 saturated carbocycles. The molecule has 0 aromatic heterocycles. The average Bonchev–Trinajstić information content (AvgIpc) is 2.06. The molecule has 0 atom stereocenters. The van der Waals surface area contributed by atoms with Crippen molar-refractivity contribution in [1.29, 1.82) is 0 Å². The van der Waals surface area contributed by atoms with Crippen molar-refractivity contribution in [3.8, 4) is 11.2 Å². The highest BCUT2D eigenvalue weighted by atomic mass is 127. The van der Waals surface area contributed by atoms with Gasteiger partial charge in [-0.15, -0.1) is 0 Å². The predicted octanol–water partition coefficient (Wildman–Crippen LogP) is 2.41. The Morgan fingerprint density at radius 2 is 2.07 bits per heavy atom. The Hall–Kier alpha value is -0.0600. The van der Waals surface area contributed by atoms with Crippen LogP contribution in [0.4, 0.5) is 0 Å². The van der Waals surface area contributed by atoms with Crippen LogP contribution in [0.3, 0.4) is 0 Å². The molecule has 0 unspecified atom stereocenters. The topological polar surface area (TPSA) is 34.1 Å². The number of benzene rings is 1. The highest BCUT2D eigenvalue weighted by molar-refractivity contribution is 14.1. The highest BCUT2D eigenvalue weighted by Crippen LogP contribution is 2.19. The summed E-state index contributed by atoms with van der Waals surface area (Å²) >= 11 is 5.49. The second kappa shape index (κ2) is 4.64. The lowest BCUT2D eigenvalue weighted by Gasteiger charge is -1.95. The van der Waals surface area contributed by atoms with Gasteiger partial charge >= 0.3 is 0 Å². The van der Waals surface area contributed by atoms with E-state index in [2.05, 4.69) is 49.7 Å². The summed E-state index contributed by atoms with van der Waals surface area (Å²) in [7, 11) is -3.22. The summed E-state index contributed by atoms with van der Waals surface area (Å²) in [5.74, 6) is 2.59. The summed E-state index contributed by atoms with van der Waals surface area (Å²) in [5, 5.41) is 2.19. The lowest BCUT2D eigenvalue weighted by molar-refractivity contribution is 0.611. The van der Waals surface area contributed by atoms with E-state index in [9.17, 15) is 8.42 Å². The quantitative estimate of drug-likeness (QED) is 0.508. The molecule has 0 aliphatic carbocycles. The zero-order chi connectivity index (χ0) is 10.8. The minimum Gasteiger partial charge on any atom is -0.216 e. The first-order chi connectivity index (χ1) is 6.38. The molecule has 0 spiro atoms. The first kappa shape index (κ1) is 12.0. The van der Waals surface area contributed by atoms with E-state index in [1.54, 1.807) is 6.07 Å². The summed E-state index contributed by atoms with van der Waals surface area (Å²) < 4.78 is 23.5. The molecule has 0 aliphatic rings. The highest BCUT2D eigenvalue weighted by Gasteiger charge is 1.97. The van der Waals surface area contributed by atoms with Crippen LogP contribution in [0.15, 0.2) is 22.7 Å². The van der Waals surface area contributed by atoms with Crippen LogP contribution in [0.2, 0.25) is 0 Å². The smallest absolute Gasteiger partial charge is 0.214 e. The van der Waals surface area contributed by atoms with Crippen LogP contribution in [-0.4, -0.2) is 14.7 Å². The van der Waals surface area contributed by atoms with Gasteiger partial charge in [-0.2, -0.15) is 0 Å². The van der Waals surface area contributed by atoms with Crippen LogP contribution in [0.1, 0.15) is 5.56 Å². The van der Waals surface area contributed by atoms with Crippen molar-refractivity contribution in [1.82, 2.24) is 0 Å². The van der Waals surface area contributed by atoms with Gasteiger partial charge in [0.1, 0.15) is 0 Å². The maximum absolute atomic E-state index is 10.8. The van der Waals surface area contributed by atoms with Gasteiger partial charge < -0.3 is 0 Å². The second-order valence-electron chi connectivity index (χ2n) is 2.63. The Balaban J connectivity index is 3.10. The van der Waals surface area contributed by atoms with E-state index in [0.717, 1.165) is 14.3 Å². The molecule has 74 valence electrons. The summed E-state index contributed by atoms with van der Waals surface area (Å²) in [6, 6.07) is 5.43. The van der Waals surface area contributed by atoms with E-state index < -0.39 is 9.84 Å². The van der Waals surface area contributed by atoms with E-state index in [4.69, 9.17) is 0 Å². The van der Waals surface area contributed by atoms with Gasteiger partial charge in [-0.3, -0.25) is 0 Å². The normalized spacial score (nSPS) is 10.5. The second-order valence-corrected chi connectivity index (χ2v) is 6.39. The number of hydrogen-bond donors (Lipinski definition) is 0. The van der Waals surface area contributed by atoms with E-state index in [-0.39, 0.29) is 0 Å². The van der Waals surface area contributed by atoms with Gasteiger partial charge in [0, 0.05) is 18.9 Å². The van der Waals surface area contributed by atoms with Crippen molar-refractivity contribution >= 4 is 48.4 Å². The third-order valence-corrected chi connectivity index (χ3v) is 4.10. The Morgan fingerprint density at radius 3 is 2.57 bits per heavy atom. The SMILES string of the molecule is CS(=O)(=O)C#Cc1ccc(Br)c(I)c1. The molecule has 0 fully saturated rings. The Bertz CT molecular complexity index is 511. The van der Waals surface area contributed by atoms with Gasteiger partial charge in [-0.05, 0) is 62.6 Å². The van der Waals surface area contributed by atoms with Crippen molar-refractivity contribution in [2.24, 2.45) is 0 Å². The largest absolute Gasteiger partial charge is 0.216 e. The molecule has 0 amide bonds. The minimum absolute atomic E-state index is 0.697. The number of rotatable bonds is 0. The average molecular weight is 385 g/mol. The summed E-state index contributed by atoms with van der Waals surface area (Å²) in [4.78, 5) is 0. The van der Waals surface area contributed by atoms with Gasteiger partial charge in [0.15, 0.2) is 0 Å². The first-order valence-electron chi connectivity index (χ1n) is 3.56. The summed E-state index contributed by atoms with van der Waals surface area (Å²) in [5.41, 5.74) is 0.697. The van der Waals surface area contributed by atoms with Gasteiger partial charge in [-0.1, -0.05) is 0 Å². The molecule has 0 aliphatic heterocycles. The zero-order valence-electron chi connectivity index (χ0n) is 7.21. The monoisotopic (exact) mass is 384 g/mol. The van der Waals surface area contributed by atoms with Crippen LogP contribution in [0.25, 0.3) is 0 Å². The zero-order valence-corrected chi connectivity index (χ0v) is 11.8. The number of sulfone groups is 1. The third kappa shape index (κ3) is 3.98. The fraction of sp³-hybridized carbons (Fsp3) is 0.111. The van der Waals surface area contributed by atoms with Gasteiger partial charge in [0.25, 0.3) is 0 Å². The number of halogens is 2. The summed E-state index contributed by atoms with van der Waals surface area (Å²) in [6.45, 7) is 0. The molecular formula is C9H6BrIO2S. The molecule has 1 rings (SSSR count). The minimum atomic E-state index is -3.22. The van der Waals surface area contributed by atoms with Gasteiger partial charge in [-0.25, -0.2) is 8.42 Å². The molecular weight excluding hydrogens is 379 g/mol. The molecule has 0 N–H and O–H groups in total. The third-order valence-electron chi connectivity index (χ3n) is 1.30. The van der Waals surface area contributed by atoms with Crippen molar-refractivity contribution < 1.29 is 8.42 Å². The molecule has 14 heavy (non-hydrogen) atoms. The van der Waals surface area contributed by atoms with E-state index in [0.29, 0.717) is 5.56 Å². The molecule has 0 heterocycles. The lowest BCUT2D eigenvalue weighted by Crippen LogP contribution is -1.89.